The molecule has 1 amide bonds. The fraction of sp³-hybridized carbons (Fsp3) is 0.385. The number of Topliss-reactive ketones (excluding diaryl/α,β-unsaturated/α-hetero) is 1. The molecule has 0 saturated carbocycles. The van der Waals surface area contributed by atoms with Crippen molar-refractivity contribution in [3.05, 3.63) is 76.5 Å². The van der Waals surface area contributed by atoms with Crippen LogP contribution in [0.5, 0.6) is 5.75 Å². The van der Waals surface area contributed by atoms with Gasteiger partial charge < -0.3 is 10.1 Å². The van der Waals surface area contributed by atoms with Gasteiger partial charge in [0, 0.05) is 35.6 Å². The lowest BCUT2D eigenvalue weighted by atomic mass is 9.73. The van der Waals surface area contributed by atoms with Crippen LogP contribution < -0.4 is 10.1 Å². The molecule has 1 aliphatic heterocycles. The highest BCUT2D eigenvalue weighted by molar-refractivity contribution is 6.02. The second-order valence-corrected chi connectivity index (χ2v) is 9.34. The molecule has 2 atom stereocenters. The quantitative estimate of drug-likeness (QED) is 0.785. The molecule has 1 aliphatic carbocycles. The fourth-order valence-corrected chi connectivity index (χ4v) is 4.67. The van der Waals surface area contributed by atoms with Gasteiger partial charge in [-0.25, -0.2) is 0 Å². The average molecular weight is 404 g/mol. The first-order valence-corrected chi connectivity index (χ1v) is 10.6. The number of para-hydroxylation sites is 1. The third-order valence-electron chi connectivity index (χ3n) is 6.30. The molecule has 2 aromatic carbocycles. The lowest BCUT2D eigenvalue weighted by Gasteiger charge is -2.35. The van der Waals surface area contributed by atoms with E-state index in [4.69, 9.17) is 4.74 Å². The number of hydrogen-bond acceptors (Lipinski definition) is 3. The van der Waals surface area contributed by atoms with E-state index in [1.807, 2.05) is 24.3 Å². The number of amides is 1. The summed E-state index contributed by atoms with van der Waals surface area (Å²) >= 11 is 0. The Morgan fingerprint density at radius 3 is 2.30 bits per heavy atom. The van der Waals surface area contributed by atoms with Gasteiger partial charge in [0.1, 0.15) is 5.75 Å². The molecule has 0 saturated heterocycles. The van der Waals surface area contributed by atoms with Gasteiger partial charge in [-0.05, 0) is 34.9 Å². The van der Waals surface area contributed by atoms with Crippen molar-refractivity contribution in [3.8, 4) is 5.75 Å². The number of nitrogens with one attached hydrogen (secondary N) is 1. The van der Waals surface area contributed by atoms with Crippen molar-refractivity contribution in [3.63, 3.8) is 0 Å². The minimum atomic E-state index is -0.249. The molecule has 4 nitrogen and oxygen atoms in total. The summed E-state index contributed by atoms with van der Waals surface area (Å²) in [6, 6.07) is 16.2. The Balaban J connectivity index is 1.68. The van der Waals surface area contributed by atoms with Crippen molar-refractivity contribution >= 4 is 11.7 Å². The highest BCUT2D eigenvalue weighted by Gasteiger charge is 2.39. The number of benzene rings is 2. The summed E-state index contributed by atoms with van der Waals surface area (Å²) in [4.78, 5) is 25.8. The summed E-state index contributed by atoms with van der Waals surface area (Å²) in [5.41, 5.74) is 4.95. The standard InChI is InChI=1S/C26H29NO3/c1-26(2,3)18-11-9-16(10-12-18)17-13-21-25(22(28)14-17)20(15-24(29)27-21)19-7-5-6-8-23(19)30-4/h5-12,17,20H,13-15H2,1-4H3,(H,27,29). The molecule has 1 N–H and O–H groups in total. The molecular weight excluding hydrogens is 374 g/mol. The van der Waals surface area contributed by atoms with Crippen LogP contribution in [0, 0.1) is 0 Å². The molecule has 156 valence electrons. The number of methoxy groups -OCH3 is 1. The van der Waals surface area contributed by atoms with E-state index in [2.05, 4.69) is 50.4 Å². The highest BCUT2D eigenvalue weighted by atomic mass is 16.5. The van der Waals surface area contributed by atoms with Crippen LogP contribution in [0.4, 0.5) is 0 Å². The summed E-state index contributed by atoms with van der Waals surface area (Å²) in [6.45, 7) is 6.58. The van der Waals surface area contributed by atoms with Crippen LogP contribution in [0.25, 0.3) is 0 Å². The van der Waals surface area contributed by atoms with Gasteiger partial charge in [-0.2, -0.15) is 0 Å². The molecule has 4 heteroatoms. The number of carbonyl (C=O) groups excluding carboxylic acids is 2. The fourth-order valence-electron chi connectivity index (χ4n) is 4.67. The maximum absolute atomic E-state index is 13.3. The van der Waals surface area contributed by atoms with Crippen molar-refractivity contribution in [1.29, 1.82) is 0 Å². The van der Waals surface area contributed by atoms with E-state index in [1.54, 1.807) is 7.11 Å². The Hall–Kier alpha value is -2.88. The van der Waals surface area contributed by atoms with E-state index < -0.39 is 0 Å². The first-order chi connectivity index (χ1) is 14.3. The van der Waals surface area contributed by atoms with E-state index in [0.29, 0.717) is 12.8 Å². The minimum absolute atomic E-state index is 0.0406. The summed E-state index contributed by atoms with van der Waals surface area (Å²) in [6.07, 6.45) is 1.42. The third kappa shape index (κ3) is 3.79. The van der Waals surface area contributed by atoms with E-state index in [1.165, 1.54) is 5.56 Å². The Morgan fingerprint density at radius 1 is 0.933 bits per heavy atom. The predicted molar refractivity (Wildman–Crippen MR) is 118 cm³/mol. The minimum Gasteiger partial charge on any atom is -0.496 e. The summed E-state index contributed by atoms with van der Waals surface area (Å²) in [5.74, 6) is 0.638. The maximum atomic E-state index is 13.3. The van der Waals surface area contributed by atoms with Crippen molar-refractivity contribution < 1.29 is 14.3 Å². The van der Waals surface area contributed by atoms with Gasteiger partial charge in [0.15, 0.2) is 5.78 Å². The zero-order valence-electron chi connectivity index (χ0n) is 18.1. The molecule has 0 aromatic heterocycles. The summed E-state index contributed by atoms with van der Waals surface area (Å²) in [5, 5.41) is 3.00. The smallest absolute Gasteiger partial charge is 0.225 e. The highest BCUT2D eigenvalue weighted by Crippen LogP contribution is 2.44. The molecule has 30 heavy (non-hydrogen) atoms. The van der Waals surface area contributed by atoms with E-state index in [0.717, 1.165) is 28.1 Å². The van der Waals surface area contributed by atoms with Crippen molar-refractivity contribution in [2.75, 3.05) is 7.11 Å². The normalized spacial score (nSPS) is 21.9. The van der Waals surface area contributed by atoms with Crippen LogP contribution in [0.15, 0.2) is 59.8 Å². The molecule has 0 radical (unpaired) electrons. The number of carbonyl (C=O) groups is 2. The molecule has 2 aromatic rings. The molecule has 1 heterocycles. The van der Waals surface area contributed by atoms with Crippen LogP contribution in [0.2, 0.25) is 0 Å². The van der Waals surface area contributed by atoms with Crippen molar-refractivity contribution in [1.82, 2.24) is 5.32 Å². The van der Waals surface area contributed by atoms with E-state index >= 15 is 0 Å². The summed E-state index contributed by atoms with van der Waals surface area (Å²) < 4.78 is 5.51. The first kappa shape index (κ1) is 20.4. The number of ether oxygens (including phenoxy) is 1. The van der Waals surface area contributed by atoms with Gasteiger partial charge in [0.05, 0.1) is 7.11 Å². The van der Waals surface area contributed by atoms with E-state index in [9.17, 15) is 9.59 Å². The average Bonchev–Trinajstić information content (AvgIpc) is 2.72. The Kier molecular flexibility index (Phi) is 5.27. The van der Waals surface area contributed by atoms with Gasteiger partial charge in [0.2, 0.25) is 5.91 Å². The lowest BCUT2D eigenvalue weighted by Crippen LogP contribution is -2.38. The predicted octanol–water partition coefficient (Wildman–Crippen LogP) is 5.00. The van der Waals surface area contributed by atoms with Crippen LogP contribution in [-0.4, -0.2) is 18.8 Å². The van der Waals surface area contributed by atoms with Gasteiger partial charge in [-0.3, -0.25) is 9.59 Å². The van der Waals surface area contributed by atoms with Gasteiger partial charge in [0.25, 0.3) is 0 Å². The first-order valence-electron chi connectivity index (χ1n) is 10.6. The monoisotopic (exact) mass is 403 g/mol. The number of rotatable bonds is 3. The Labute approximate surface area is 178 Å². The van der Waals surface area contributed by atoms with E-state index in [-0.39, 0.29) is 35.4 Å². The Morgan fingerprint density at radius 2 is 1.63 bits per heavy atom. The zero-order valence-corrected chi connectivity index (χ0v) is 18.1. The molecule has 4 rings (SSSR count). The molecule has 0 spiro atoms. The second-order valence-electron chi connectivity index (χ2n) is 9.34. The molecular formula is C26H29NO3. The molecule has 0 bridgehead atoms. The topological polar surface area (TPSA) is 55.4 Å². The molecule has 0 fully saturated rings. The van der Waals surface area contributed by atoms with Crippen molar-refractivity contribution in [2.45, 2.75) is 57.3 Å². The Bertz CT molecular complexity index is 1010. The third-order valence-corrected chi connectivity index (χ3v) is 6.30. The van der Waals surface area contributed by atoms with Gasteiger partial charge in [-0.15, -0.1) is 0 Å². The largest absolute Gasteiger partial charge is 0.496 e. The lowest BCUT2D eigenvalue weighted by molar-refractivity contribution is -0.122. The maximum Gasteiger partial charge on any atom is 0.225 e. The number of hydrogen-bond donors (Lipinski definition) is 1. The zero-order chi connectivity index (χ0) is 21.5. The van der Waals surface area contributed by atoms with Gasteiger partial charge in [-0.1, -0.05) is 63.2 Å². The van der Waals surface area contributed by atoms with Crippen LogP contribution in [-0.2, 0) is 15.0 Å². The van der Waals surface area contributed by atoms with Crippen LogP contribution >= 0.6 is 0 Å². The molecule has 2 aliphatic rings. The molecule has 2 unspecified atom stereocenters. The summed E-state index contributed by atoms with van der Waals surface area (Å²) in [7, 11) is 1.62. The van der Waals surface area contributed by atoms with Gasteiger partial charge >= 0.3 is 0 Å². The van der Waals surface area contributed by atoms with Crippen LogP contribution in [0.1, 0.15) is 68.6 Å². The number of allylic oxidation sites excluding steroid dienone is 2. The van der Waals surface area contributed by atoms with Crippen molar-refractivity contribution in [2.24, 2.45) is 0 Å². The van der Waals surface area contributed by atoms with Crippen LogP contribution in [0.3, 0.4) is 0 Å². The number of ketones is 1. The second kappa shape index (κ2) is 7.75. The SMILES string of the molecule is COc1ccccc1C1CC(=O)NC2=C1C(=O)CC(c1ccc(C(C)(C)C)cc1)C2.